The van der Waals surface area contributed by atoms with Gasteiger partial charge in [0.15, 0.2) is 10.4 Å². The third-order valence-corrected chi connectivity index (χ3v) is 3.93. The normalized spacial score (nSPS) is 21.6. The molecule has 2 N–H and O–H groups in total. The van der Waals surface area contributed by atoms with Crippen molar-refractivity contribution in [2.45, 2.75) is 31.8 Å². The largest absolute Gasteiger partial charge is 0.480 e. The van der Waals surface area contributed by atoms with Gasteiger partial charge in [0.25, 0.3) is 5.91 Å². The predicted molar refractivity (Wildman–Crippen MR) is 75.6 cm³/mol. The summed E-state index contributed by atoms with van der Waals surface area (Å²) >= 11 is 3.15. The lowest BCUT2D eigenvalue weighted by Crippen LogP contribution is -2.54. The maximum atomic E-state index is 11.9. The molecular formula is C13H17BrN2O4. The smallest absolute Gasteiger partial charge is 0.317 e. The number of hydrogen-bond donors (Lipinski definition) is 2. The zero-order valence-corrected chi connectivity index (χ0v) is 12.7. The molecule has 1 aliphatic carbocycles. The van der Waals surface area contributed by atoms with Crippen molar-refractivity contribution < 1.29 is 19.1 Å². The van der Waals surface area contributed by atoms with Gasteiger partial charge >= 0.3 is 5.97 Å². The molecule has 0 unspecified atom stereocenters. The fraction of sp³-hybridized carbons (Fsp3) is 0.538. The topological polar surface area (TPSA) is 82.8 Å². The Hall–Kier alpha value is -1.34. The maximum Gasteiger partial charge on any atom is 0.317 e. The molecule has 0 atom stereocenters. The van der Waals surface area contributed by atoms with Crippen molar-refractivity contribution in [3.63, 3.8) is 0 Å². The van der Waals surface area contributed by atoms with E-state index in [0.717, 1.165) is 12.8 Å². The van der Waals surface area contributed by atoms with Crippen molar-refractivity contribution in [1.82, 2.24) is 10.2 Å². The number of halogens is 1. The minimum Gasteiger partial charge on any atom is -0.480 e. The number of carbonyl (C=O) groups excluding carboxylic acids is 1. The molecule has 0 bridgehead atoms. The Balaban J connectivity index is 1.78. The molecule has 20 heavy (non-hydrogen) atoms. The Morgan fingerprint density at radius 1 is 1.50 bits per heavy atom. The third-order valence-electron chi connectivity index (χ3n) is 3.51. The van der Waals surface area contributed by atoms with Crippen LogP contribution in [0.4, 0.5) is 0 Å². The zero-order chi connectivity index (χ0) is 14.7. The van der Waals surface area contributed by atoms with Gasteiger partial charge < -0.3 is 14.8 Å². The van der Waals surface area contributed by atoms with Gasteiger partial charge in [-0.1, -0.05) is 6.92 Å². The molecule has 1 aromatic rings. The van der Waals surface area contributed by atoms with E-state index < -0.39 is 5.97 Å². The van der Waals surface area contributed by atoms with Crippen molar-refractivity contribution in [3.8, 4) is 0 Å². The van der Waals surface area contributed by atoms with Crippen molar-refractivity contribution in [2.24, 2.45) is 0 Å². The highest BCUT2D eigenvalue weighted by Gasteiger charge is 2.35. The van der Waals surface area contributed by atoms with E-state index in [-0.39, 0.29) is 30.3 Å². The maximum absolute atomic E-state index is 11.9. The van der Waals surface area contributed by atoms with Gasteiger partial charge in [0.05, 0.1) is 6.54 Å². The number of likely N-dealkylation sites (N-methyl/N-ethyl adjacent to an activating group) is 1. The second-order valence-electron chi connectivity index (χ2n) is 4.86. The molecule has 1 amide bonds. The Morgan fingerprint density at radius 3 is 2.70 bits per heavy atom. The van der Waals surface area contributed by atoms with E-state index in [0.29, 0.717) is 11.2 Å². The number of carbonyl (C=O) groups is 2. The third kappa shape index (κ3) is 3.61. The summed E-state index contributed by atoms with van der Waals surface area (Å²) in [6.45, 7) is 2.69. The van der Waals surface area contributed by atoms with Gasteiger partial charge in [-0.25, -0.2) is 0 Å². The molecule has 1 aromatic heterocycles. The van der Waals surface area contributed by atoms with Gasteiger partial charge in [-0.3, -0.25) is 14.5 Å². The molecule has 2 rings (SSSR count). The number of furan rings is 1. The number of hydrogen-bond acceptors (Lipinski definition) is 4. The predicted octanol–water partition coefficient (Wildman–Crippen LogP) is 1.71. The van der Waals surface area contributed by atoms with Crippen LogP contribution in [0.1, 0.15) is 30.3 Å². The minimum atomic E-state index is -0.820. The van der Waals surface area contributed by atoms with Crippen LogP contribution in [0.5, 0.6) is 0 Å². The number of nitrogens with zero attached hydrogens (tertiary/aromatic N) is 1. The van der Waals surface area contributed by atoms with Crippen LogP contribution in [0.3, 0.4) is 0 Å². The Kier molecular flexibility index (Phi) is 4.82. The van der Waals surface area contributed by atoms with Gasteiger partial charge in [0, 0.05) is 12.1 Å². The van der Waals surface area contributed by atoms with Crippen LogP contribution in [0.25, 0.3) is 0 Å². The Bertz CT molecular complexity index is 496. The average Bonchev–Trinajstić information content (AvgIpc) is 2.77. The second-order valence-corrected chi connectivity index (χ2v) is 5.64. The van der Waals surface area contributed by atoms with Crippen LogP contribution in [0, 0.1) is 0 Å². The summed E-state index contributed by atoms with van der Waals surface area (Å²) in [6, 6.07) is 3.59. The van der Waals surface area contributed by atoms with Crippen molar-refractivity contribution in [3.05, 3.63) is 22.6 Å². The number of carboxylic acids is 1. The first-order valence-corrected chi connectivity index (χ1v) is 7.31. The molecule has 0 radical (unpaired) electrons. The fourth-order valence-electron chi connectivity index (χ4n) is 2.37. The average molecular weight is 345 g/mol. The zero-order valence-electron chi connectivity index (χ0n) is 11.1. The summed E-state index contributed by atoms with van der Waals surface area (Å²) in [4.78, 5) is 24.5. The standard InChI is InChI=1S/C13H17BrN2O4/c1-2-16(7-12(17)18)9-5-8(6-9)15-13(19)10-3-4-11(14)20-10/h3-4,8-9H,2,5-7H2,1H3,(H,15,19)(H,17,18). The molecule has 1 fully saturated rings. The quantitative estimate of drug-likeness (QED) is 0.820. The van der Waals surface area contributed by atoms with E-state index in [1.807, 2.05) is 11.8 Å². The second kappa shape index (κ2) is 6.41. The van der Waals surface area contributed by atoms with Gasteiger partial charge in [0.1, 0.15) is 0 Å². The van der Waals surface area contributed by atoms with Gasteiger partial charge in [-0.2, -0.15) is 0 Å². The molecule has 7 heteroatoms. The van der Waals surface area contributed by atoms with Crippen LogP contribution in [-0.2, 0) is 4.79 Å². The first-order valence-electron chi connectivity index (χ1n) is 6.51. The SMILES string of the molecule is CCN(CC(=O)O)C1CC(NC(=O)c2ccc(Br)o2)C1. The summed E-state index contributed by atoms with van der Waals surface area (Å²) in [7, 11) is 0. The summed E-state index contributed by atoms with van der Waals surface area (Å²) < 4.78 is 5.70. The molecule has 1 aliphatic rings. The number of aliphatic carboxylic acids is 1. The number of rotatable bonds is 6. The van der Waals surface area contributed by atoms with Crippen molar-refractivity contribution in [1.29, 1.82) is 0 Å². The van der Waals surface area contributed by atoms with E-state index in [4.69, 9.17) is 9.52 Å². The highest BCUT2D eigenvalue weighted by molar-refractivity contribution is 9.10. The van der Waals surface area contributed by atoms with Gasteiger partial charge in [-0.15, -0.1) is 0 Å². The highest BCUT2D eigenvalue weighted by Crippen LogP contribution is 2.26. The van der Waals surface area contributed by atoms with Crippen molar-refractivity contribution >= 4 is 27.8 Å². The Labute approximate surface area is 125 Å². The molecule has 0 saturated heterocycles. The minimum absolute atomic E-state index is 0.0486. The molecule has 1 saturated carbocycles. The first-order chi connectivity index (χ1) is 9.49. The van der Waals surface area contributed by atoms with E-state index in [2.05, 4.69) is 21.2 Å². The molecule has 6 nitrogen and oxygen atoms in total. The van der Waals surface area contributed by atoms with Crippen molar-refractivity contribution in [2.75, 3.05) is 13.1 Å². The van der Waals surface area contributed by atoms with Gasteiger partial charge in [0.2, 0.25) is 0 Å². The molecule has 0 spiro atoms. The number of nitrogens with one attached hydrogen (secondary N) is 1. The van der Waals surface area contributed by atoms with E-state index in [1.54, 1.807) is 12.1 Å². The lowest BCUT2D eigenvalue weighted by molar-refractivity contribution is -0.139. The molecule has 1 heterocycles. The number of carboxylic acid groups (broad SMARTS) is 1. The van der Waals surface area contributed by atoms with Crippen LogP contribution in [-0.4, -0.2) is 47.1 Å². The molecule has 0 aliphatic heterocycles. The van der Waals surface area contributed by atoms with E-state index >= 15 is 0 Å². The monoisotopic (exact) mass is 344 g/mol. The van der Waals surface area contributed by atoms with Crippen LogP contribution in [0.15, 0.2) is 21.2 Å². The summed E-state index contributed by atoms with van der Waals surface area (Å²) in [5.41, 5.74) is 0. The molecular weight excluding hydrogens is 328 g/mol. The summed E-state index contributed by atoms with van der Waals surface area (Å²) in [6.07, 6.45) is 1.55. The summed E-state index contributed by atoms with van der Waals surface area (Å²) in [5, 5.41) is 11.7. The summed E-state index contributed by atoms with van der Waals surface area (Å²) in [5.74, 6) is -0.779. The van der Waals surface area contributed by atoms with Gasteiger partial charge in [-0.05, 0) is 47.4 Å². The molecule has 0 aromatic carbocycles. The number of amides is 1. The lowest BCUT2D eigenvalue weighted by Gasteiger charge is -2.42. The van der Waals surface area contributed by atoms with Crippen LogP contribution in [0.2, 0.25) is 0 Å². The lowest BCUT2D eigenvalue weighted by atomic mass is 9.85. The van der Waals surface area contributed by atoms with E-state index in [1.165, 1.54) is 0 Å². The van der Waals surface area contributed by atoms with E-state index in [9.17, 15) is 9.59 Å². The van der Waals surface area contributed by atoms with Crippen LogP contribution < -0.4 is 5.32 Å². The molecule has 110 valence electrons. The Morgan fingerprint density at radius 2 is 2.20 bits per heavy atom. The first kappa shape index (κ1) is 15.1. The van der Waals surface area contributed by atoms with Crippen LogP contribution >= 0.6 is 15.9 Å². The highest BCUT2D eigenvalue weighted by atomic mass is 79.9. The fourth-order valence-corrected chi connectivity index (χ4v) is 2.68.